The van der Waals surface area contributed by atoms with Gasteiger partial charge in [-0.05, 0) is 18.2 Å². The highest BCUT2D eigenvalue weighted by atomic mass is 79.9. The fraction of sp³-hybridized carbons (Fsp3) is 0.267. The minimum absolute atomic E-state index is 0.0561. The Bertz CT molecular complexity index is 985. The lowest BCUT2D eigenvalue weighted by atomic mass is 10.2. The van der Waals surface area contributed by atoms with Crippen LogP contribution in [-0.2, 0) is 11.3 Å². The Morgan fingerprint density at radius 2 is 2.00 bits per heavy atom. The molecule has 1 aromatic carbocycles. The average molecular weight is 418 g/mol. The van der Waals surface area contributed by atoms with E-state index in [1.807, 2.05) is 0 Å². The summed E-state index contributed by atoms with van der Waals surface area (Å²) in [7, 11) is 2.42. The van der Waals surface area contributed by atoms with Crippen LogP contribution < -0.4 is 4.74 Å². The number of carbonyl (C=O) groups is 1. The smallest absolute Gasteiger partial charge is 0.406 e. The third-order valence-corrected chi connectivity index (χ3v) is 4.02. The zero-order valence-electron chi connectivity index (χ0n) is 13.0. The molecule has 0 N–H and O–H groups in total. The SMILES string of the molecule is COC(=O)c1nc(OC)c2c(n1)c1cc(Br)ccc1n2CC(F)(F)F. The van der Waals surface area contributed by atoms with Gasteiger partial charge in [0.25, 0.3) is 0 Å². The van der Waals surface area contributed by atoms with Gasteiger partial charge < -0.3 is 14.0 Å². The molecular formula is C15H11BrF3N3O3. The van der Waals surface area contributed by atoms with Crippen molar-refractivity contribution in [3.05, 3.63) is 28.5 Å². The van der Waals surface area contributed by atoms with Gasteiger partial charge in [0.05, 0.1) is 19.7 Å². The molecule has 0 aliphatic rings. The minimum atomic E-state index is -4.46. The van der Waals surface area contributed by atoms with Gasteiger partial charge in [-0.1, -0.05) is 15.9 Å². The Morgan fingerprint density at radius 1 is 1.28 bits per heavy atom. The lowest BCUT2D eigenvalue weighted by Crippen LogP contribution is -2.18. The molecule has 0 fully saturated rings. The number of hydrogen-bond donors (Lipinski definition) is 0. The monoisotopic (exact) mass is 417 g/mol. The van der Waals surface area contributed by atoms with Crippen LogP contribution >= 0.6 is 15.9 Å². The Hall–Kier alpha value is -2.36. The normalized spacial score (nSPS) is 11.9. The van der Waals surface area contributed by atoms with E-state index in [-0.39, 0.29) is 22.7 Å². The number of aromatic nitrogens is 3. The number of methoxy groups -OCH3 is 2. The number of fused-ring (bicyclic) bond motifs is 3. The van der Waals surface area contributed by atoms with Crippen LogP contribution in [0.15, 0.2) is 22.7 Å². The predicted molar refractivity (Wildman–Crippen MR) is 86.7 cm³/mol. The number of carbonyl (C=O) groups excluding carboxylic acids is 1. The summed E-state index contributed by atoms with van der Waals surface area (Å²) < 4.78 is 50.6. The summed E-state index contributed by atoms with van der Waals surface area (Å²) in [6, 6.07) is 4.78. The number of rotatable bonds is 3. The van der Waals surface area contributed by atoms with E-state index >= 15 is 0 Å². The molecule has 0 atom stereocenters. The van der Waals surface area contributed by atoms with E-state index in [1.165, 1.54) is 13.2 Å². The summed E-state index contributed by atoms with van der Waals surface area (Å²) in [6.07, 6.45) is -4.46. The molecule has 10 heteroatoms. The number of ether oxygens (including phenoxy) is 2. The standard InChI is InChI=1S/C15H11BrF3N3O3/c1-24-13-11-10(20-12(21-13)14(23)25-2)8-5-7(16)3-4-9(8)22(11)6-15(17,18)19/h3-5H,6H2,1-2H3. The summed E-state index contributed by atoms with van der Waals surface area (Å²) in [4.78, 5) is 19.8. The van der Waals surface area contributed by atoms with Gasteiger partial charge in [-0.3, -0.25) is 0 Å². The quantitative estimate of drug-likeness (QED) is 0.607. The van der Waals surface area contributed by atoms with Crippen molar-refractivity contribution in [2.24, 2.45) is 0 Å². The molecule has 0 aliphatic heterocycles. The van der Waals surface area contributed by atoms with Crippen LogP contribution in [0.1, 0.15) is 10.6 Å². The third-order valence-electron chi connectivity index (χ3n) is 3.53. The maximum atomic E-state index is 13.1. The van der Waals surface area contributed by atoms with Crippen molar-refractivity contribution in [2.45, 2.75) is 12.7 Å². The molecule has 3 aromatic rings. The first kappa shape index (κ1) is 17.5. The second-order valence-electron chi connectivity index (χ2n) is 5.11. The largest absolute Gasteiger partial charge is 0.479 e. The van der Waals surface area contributed by atoms with Gasteiger partial charge >= 0.3 is 12.1 Å². The van der Waals surface area contributed by atoms with Gasteiger partial charge in [0.2, 0.25) is 11.7 Å². The molecule has 6 nitrogen and oxygen atoms in total. The molecule has 0 aliphatic carbocycles. The highest BCUT2D eigenvalue weighted by Gasteiger charge is 2.32. The van der Waals surface area contributed by atoms with E-state index in [1.54, 1.807) is 12.1 Å². The molecule has 0 radical (unpaired) electrons. The van der Waals surface area contributed by atoms with E-state index in [4.69, 9.17) is 4.74 Å². The number of esters is 1. The summed E-state index contributed by atoms with van der Waals surface area (Å²) >= 11 is 3.29. The lowest BCUT2D eigenvalue weighted by molar-refractivity contribution is -0.139. The maximum absolute atomic E-state index is 13.1. The van der Waals surface area contributed by atoms with E-state index in [2.05, 4.69) is 30.6 Å². The molecule has 132 valence electrons. The molecule has 0 amide bonds. The van der Waals surface area contributed by atoms with E-state index in [0.29, 0.717) is 15.4 Å². The van der Waals surface area contributed by atoms with Gasteiger partial charge in [-0.25, -0.2) is 9.78 Å². The highest BCUT2D eigenvalue weighted by Crippen LogP contribution is 2.36. The Balaban J connectivity index is 2.45. The molecule has 0 saturated heterocycles. The number of halogens is 4. The molecule has 2 heterocycles. The molecule has 0 bridgehead atoms. The van der Waals surface area contributed by atoms with Crippen LogP contribution in [0.4, 0.5) is 13.2 Å². The molecule has 0 saturated carbocycles. The third kappa shape index (κ3) is 3.13. The molecule has 2 aromatic heterocycles. The van der Waals surface area contributed by atoms with Crippen molar-refractivity contribution in [3.8, 4) is 5.88 Å². The van der Waals surface area contributed by atoms with Crippen molar-refractivity contribution >= 4 is 43.8 Å². The minimum Gasteiger partial charge on any atom is -0.479 e. The molecule has 0 unspecified atom stereocenters. The predicted octanol–water partition coefficient (Wildman–Crippen LogP) is 3.70. The topological polar surface area (TPSA) is 66.2 Å². The average Bonchev–Trinajstić information content (AvgIpc) is 2.85. The number of hydrogen-bond acceptors (Lipinski definition) is 5. The van der Waals surface area contributed by atoms with Crippen molar-refractivity contribution < 1.29 is 27.4 Å². The summed E-state index contributed by atoms with van der Waals surface area (Å²) in [5, 5.41) is 0.430. The van der Waals surface area contributed by atoms with Crippen LogP contribution in [0.2, 0.25) is 0 Å². The summed E-state index contributed by atoms with van der Waals surface area (Å²) in [5.74, 6) is -1.24. The second-order valence-corrected chi connectivity index (χ2v) is 6.02. The number of alkyl halides is 3. The van der Waals surface area contributed by atoms with E-state index < -0.39 is 18.7 Å². The van der Waals surface area contributed by atoms with Gasteiger partial charge in [-0.2, -0.15) is 18.2 Å². The molecule has 25 heavy (non-hydrogen) atoms. The second kappa shape index (κ2) is 6.17. The zero-order valence-corrected chi connectivity index (χ0v) is 14.6. The Kier molecular flexibility index (Phi) is 4.31. The molecule has 0 spiro atoms. The molecular weight excluding hydrogens is 407 g/mol. The van der Waals surface area contributed by atoms with E-state index in [0.717, 1.165) is 11.7 Å². The van der Waals surface area contributed by atoms with Crippen molar-refractivity contribution in [2.75, 3.05) is 14.2 Å². The first-order chi connectivity index (χ1) is 11.7. The number of nitrogens with zero attached hydrogens (tertiary/aromatic N) is 3. The Labute approximate surface area is 147 Å². The fourth-order valence-corrected chi connectivity index (χ4v) is 2.95. The zero-order chi connectivity index (χ0) is 18.4. The van der Waals surface area contributed by atoms with Gasteiger partial charge in [0.15, 0.2) is 0 Å². The number of benzene rings is 1. The van der Waals surface area contributed by atoms with Gasteiger partial charge in [0, 0.05) is 9.86 Å². The van der Waals surface area contributed by atoms with Gasteiger partial charge in [-0.15, -0.1) is 0 Å². The lowest BCUT2D eigenvalue weighted by Gasteiger charge is -2.12. The fourth-order valence-electron chi connectivity index (χ4n) is 2.59. The van der Waals surface area contributed by atoms with E-state index in [9.17, 15) is 18.0 Å². The highest BCUT2D eigenvalue weighted by molar-refractivity contribution is 9.10. The van der Waals surface area contributed by atoms with Crippen LogP contribution in [-0.4, -0.2) is 40.9 Å². The van der Waals surface area contributed by atoms with Crippen molar-refractivity contribution in [3.63, 3.8) is 0 Å². The van der Waals surface area contributed by atoms with Crippen LogP contribution in [0.5, 0.6) is 5.88 Å². The molecule has 3 rings (SSSR count). The van der Waals surface area contributed by atoms with Crippen LogP contribution in [0.25, 0.3) is 21.9 Å². The Morgan fingerprint density at radius 3 is 2.60 bits per heavy atom. The van der Waals surface area contributed by atoms with Crippen LogP contribution in [0, 0.1) is 0 Å². The van der Waals surface area contributed by atoms with Crippen molar-refractivity contribution in [1.82, 2.24) is 14.5 Å². The summed E-state index contributed by atoms with van der Waals surface area (Å²) in [5.41, 5.74) is 0.526. The van der Waals surface area contributed by atoms with Crippen molar-refractivity contribution in [1.29, 1.82) is 0 Å². The maximum Gasteiger partial charge on any atom is 0.406 e. The van der Waals surface area contributed by atoms with Gasteiger partial charge in [0.1, 0.15) is 17.6 Å². The summed E-state index contributed by atoms with van der Waals surface area (Å²) in [6.45, 7) is -1.24. The first-order valence-electron chi connectivity index (χ1n) is 6.93. The first-order valence-corrected chi connectivity index (χ1v) is 7.73. The van der Waals surface area contributed by atoms with Crippen LogP contribution in [0.3, 0.4) is 0 Å².